The molecule has 0 amide bonds. The molecule has 3 aromatic heterocycles. The third-order valence-electron chi connectivity index (χ3n) is 6.69. The number of aliphatic hydroxyl groups is 1. The van der Waals surface area contributed by atoms with Crippen molar-refractivity contribution in [3.8, 4) is 11.5 Å². The minimum atomic E-state index is -0.423. The number of hydrogen-bond acceptors (Lipinski definition) is 9. The highest BCUT2D eigenvalue weighted by atomic mass is 16.4. The Morgan fingerprint density at radius 1 is 1.08 bits per heavy atom. The van der Waals surface area contributed by atoms with Gasteiger partial charge in [-0.1, -0.05) is 42.5 Å². The van der Waals surface area contributed by atoms with Crippen LogP contribution in [0, 0.1) is 0 Å². The Labute approximate surface area is 217 Å². The van der Waals surface area contributed by atoms with E-state index in [1.165, 1.54) is 6.39 Å². The summed E-state index contributed by atoms with van der Waals surface area (Å²) >= 11 is 0. The Bertz CT molecular complexity index is 1670. The maximum absolute atomic E-state index is 13.1. The van der Waals surface area contributed by atoms with Crippen LogP contribution >= 0.6 is 0 Å². The number of nitrogens with zero attached hydrogens (tertiary/aromatic N) is 6. The average Bonchev–Trinajstić information content (AvgIpc) is 3.57. The van der Waals surface area contributed by atoms with Crippen molar-refractivity contribution in [1.82, 2.24) is 29.5 Å². The van der Waals surface area contributed by atoms with E-state index in [0.29, 0.717) is 22.7 Å². The quantitative estimate of drug-likeness (QED) is 0.275. The minimum absolute atomic E-state index is 0.0159. The first-order chi connectivity index (χ1) is 18.5. The number of aromatic nitrogens is 6. The second-order valence-electron chi connectivity index (χ2n) is 9.21. The maximum atomic E-state index is 13.1. The predicted molar refractivity (Wildman–Crippen MR) is 143 cm³/mol. The van der Waals surface area contributed by atoms with Gasteiger partial charge in [-0.15, -0.1) is 10.2 Å². The molecule has 11 heteroatoms. The Hall–Kier alpha value is -4.77. The molecule has 3 N–H and O–H groups in total. The van der Waals surface area contributed by atoms with E-state index in [1.54, 1.807) is 10.9 Å². The first-order valence-electron chi connectivity index (χ1n) is 12.3. The van der Waals surface area contributed by atoms with Crippen LogP contribution < -0.4 is 16.2 Å². The van der Waals surface area contributed by atoms with Crippen molar-refractivity contribution in [3.63, 3.8) is 0 Å². The second kappa shape index (κ2) is 9.60. The summed E-state index contributed by atoms with van der Waals surface area (Å²) in [5.41, 5.74) is 2.93. The third-order valence-corrected chi connectivity index (χ3v) is 6.69. The van der Waals surface area contributed by atoms with E-state index in [-0.39, 0.29) is 30.1 Å². The van der Waals surface area contributed by atoms with E-state index < -0.39 is 6.04 Å². The van der Waals surface area contributed by atoms with Crippen LogP contribution in [-0.4, -0.2) is 41.2 Å². The summed E-state index contributed by atoms with van der Waals surface area (Å²) in [6.07, 6.45) is 6.97. The number of hydrogen-bond donors (Lipinski definition) is 3. The molecule has 1 aliphatic rings. The van der Waals surface area contributed by atoms with Gasteiger partial charge >= 0.3 is 0 Å². The number of fused-ring (bicyclic) bond motifs is 3. The summed E-state index contributed by atoms with van der Waals surface area (Å²) in [7, 11) is 0. The molecule has 0 aliphatic carbocycles. The molecule has 4 heterocycles. The summed E-state index contributed by atoms with van der Waals surface area (Å²) in [6.45, 7) is 3.90. The lowest BCUT2D eigenvalue weighted by molar-refractivity contribution is 0.276. The van der Waals surface area contributed by atoms with Crippen molar-refractivity contribution in [3.05, 3.63) is 89.2 Å². The van der Waals surface area contributed by atoms with Gasteiger partial charge in [0.15, 0.2) is 0 Å². The maximum Gasteiger partial charge on any atom is 0.275 e. The summed E-state index contributed by atoms with van der Waals surface area (Å²) in [6, 6.07) is 14.8. The van der Waals surface area contributed by atoms with Gasteiger partial charge in [-0.3, -0.25) is 9.48 Å². The molecule has 0 radical (unpaired) electrons. The fraction of sp³-hybridized carbons (Fsp3) is 0.222. The number of nitrogens with one attached hydrogen (secondary N) is 2. The van der Waals surface area contributed by atoms with E-state index in [9.17, 15) is 9.90 Å². The zero-order chi connectivity index (χ0) is 26.2. The minimum Gasteiger partial charge on any atom is -0.423 e. The van der Waals surface area contributed by atoms with Gasteiger partial charge in [-0.05, 0) is 37.6 Å². The van der Waals surface area contributed by atoms with Crippen molar-refractivity contribution in [2.45, 2.75) is 32.0 Å². The van der Waals surface area contributed by atoms with Gasteiger partial charge in [0.1, 0.15) is 5.82 Å². The molecular weight excluding hydrogens is 484 g/mol. The van der Waals surface area contributed by atoms with Gasteiger partial charge < -0.3 is 20.2 Å². The summed E-state index contributed by atoms with van der Waals surface area (Å²) in [4.78, 5) is 22.2. The summed E-state index contributed by atoms with van der Waals surface area (Å²) < 4.78 is 9.20. The monoisotopic (exact) mass is 510 g/mol. The van der Waals surface area contributed by atoms with E-state index in [4.69, 9.17) is 4.42 Å². The van der Waals surface area contributed by atoms with E-state index in [1.807, 2.05) is 66.2 Å². The van der Waals surface area contributed by atoms with Crippen LogP contribution in [0.5, 0.6) is 0 Å². The smallest absolute Gasteiger partial charge is 0.275 e. The molecular formula is C27H26N8O3. The number of rotatable bonds is 7. The van der Waals surface area contributed by atoms with Crippen LogP contribution in [0.25, 0.3) is 22.4 Å². The molecule has 192 valence electrons. The highest BCUT2D eigenvalue weighted by Crippen LogP contribution is 2.31. The van der Waals surface area contributed by atoms with Crippen LogP contribution in [0.15, 0.2) is 82.5 Å². The van der Waals surface area contributed by atoms with Gasteiger partial charge in [-0.2, -0.15) is 4.98 Å². The lowest BCUT2D eigenvalue weighted by Gasteiger charge is -2.24. The van der Waals surface area contributed by atoms with Crippen LogP contribution in [0.4, 0.5) is 17.5 Å². The number of allylic oxidation sites excluding steroid dienone is 2. The standard InChI is InChI=1S/C27H26N8O3/c1-16-8-9-17(2)35-26(37)20-11-10-19(12-23(20)34(16)35)30-27-28-13-21(25-33-29-15-38-25)24(32-27)31-22(14-36)18-6-4-3-5-7-18/h3-13,15-17,22,36H,14H2,1-2H3,(H2,28,30,31,32)/t16?,17?,22-/m1/s1. The Balaban J connectivity index is 1.37. The Morgan fingerprint density at radius 3 is 2.61 bits per heavy atom. The molecule has 6 rings (SSSR count). The zero-order valence-corrected chi connectivity index (χ0v) is 20.8. The molecule has 3 atom stereocenters. The molecule has 11 nitrogen and oxygen atoms in total. The van der Waals surface area contributed by atoms with Crippen molar-refractivity contribution in [1.29, 1.82) is 0 Å². The highest BCUT2D eigenvalue weighted by molar-refractivity contribution is 5.83. The van der Waals surface area contributed by atoms with Crippen molar-refractivity contribution < 1.29 is 9.52 Å². The second-order valence-corrected chi connectivity index (χ2v) is 9.21. The molecule has 0 spiro atoms. The Morgan fingerprint density at radius 2 is 1.87 bits per heavy atom. The van der Waals surface area contributed by atoms with Crippen LogP contribution in [-0.2, 0) is 0 Å². The first kappa shape index (κ1) is 23.6. The summed E-state index contributed by atoms with van der Waals surface area (Å²) in [5, 5.41) is 25.1. The topological polar surface area (TPSA) is 136 Å². The first-order valence-corrected chi connectivity index (χ1v) is 12.3. The lowest BCUT2D eigenvalue weighted by atomic mass is 10.1. The molecule has 2 unspecified atom stereocenters. The van der Waals surface area contributed by atoms with Crippen LogP contribution in [0.3, 0.4) is 0 Å². The number of anilines is 3. The predicted octanol–water partition coefficient (Wildman–Crippen LogP) is 4.22. The van der Waals surface area contributed by atoms with Crippen molar-refractivity contribution in [2.24, 2.45) is 0 Å². The molecule has 1 aliphatic heterocycles. The molecule has 0 saturated carbocycles. The fourth-order valence-corrected chi connectivity index (χ4v) is 4.81. The van der Waals surface area contributed by atoms with Gasteiger partial charge in [0.2, 0.25) is 12.3 Å². The molecule has 2 aromatic carbocycles. The van der Waals surface area contributed by atoms with E-state index in [2.05, 4.69) is 43.8 Å². The van der Waals surface area contributed by atoms with E-state index >= 15 is 0 Å². The van der Waals surface area contributed by atoms with Crippen LogP contribution in [0.2, 0.25) is 0 Å². The van der Waals surface area contributed by atoms with Crippen molar-refractivity contribution >= 4 is 28.4 Å². The van der Waals surface area contributed by atoms with Crippen molar-refractivity contribution in [2.75, 3.05) is 17.2 Å². The molecule has 0 bridgehead atoms. The zero-order valence-electron chi connectivity index (χ0n) is 20.8. The molecule has 0 saturated heterocycles. The molecule has 38 heavy (non-hydrogen) atoms. The van der Waals surface area contributed by atoms with Gasteiger partial charge in [0.25, 0.3) is 11.4 Å². The van der Waals surface area contributed by atoms with E-state index in [0.717, 1.165) is 16.8 Å². The highest BCUT2D eigenvalue weighted by Gasteiger charge is 2.23. The average molecular weight is 511 g/mol. The molecule has 0 fully saturated rings. The summed E-state index contributed by atoms with van der Waals surface area (Å²) in [5.74, 6) is 0.989. The largest absolute Gasteiger partial charge is 0.423 e. The van der Waals surface area contributed by atoms with Gasteiger partial charge in [0.05, 0.1) is 41.2 Å². The fourth-order valence-electron chi connectivity index (χ4n) is 4.81. The number of benzene rings is 2. The van der Waals surface area contributed by atoms with Gasteiger partial charge in [-0.25, -0.2) is 9.67 Å². The van der Waals surface area contributed by atoms with Gasteiger partial charge in [0, 0.05) is 11.9 Å². The SMILES string of the molecule is CC1C=CC(C)n2c3cc(Nc4ncc(-c5nnco5)c(N[C@H](CO)c5ccccc5)n4)ccc3c(=O)n21. The Kier molecular flexibility index (Phi) is 5.97. The molecule has 5 aromatic rings. The normalized spacial score (nSPS) is 17.3. The van der Waals surface area contributed by atoms with Crippen LogP contribution in [0.1, 0.15) is 37.5 Å². The number of aliphatic hydroxyl groups excluding tert-OH is 1. The lowest BCUT2D eigenvalue weighted by Crippen LogP contribution is -2.29. The third kappa shape index (κ3) is 4.12.